The van der Waals surface area contributed by atoms with E-state index in [1.165, 1.54) is 6.42 Å². The number of H-pyrrole nitrogens is 1. The topological polar surface area (TPSA) is 85.9 Å². The molecule has 0 aromatic carbocycles. The van der Waals surface area contributed by atoms with E-state index in [0.29, 0.717) is 17.4 Å². The summed E-state index contributed by atoms with van der Waals surface area (Å²) in [6.45, 7) is 3.55. The van der Waals surface area contributed by atoms with Gasteiger partial charge in [-0.3, -0.25) is 9.78 Å². The molecule has 3 heterocycles. The molecular formula is C15H16N4O2. The molecular weight excluding hydrogens is 268 g/mol. The van der Waals surface area contributed by atoms with Crippen LogP contribution in [0, 0.1) is 18.3 Å². The number of anilines is 1. The Morgan fingerprint density at radius 1 is 1.33 bits per heavy atom. The number of nitrogens with one attached hydrogen (secondary N) is 1. The van der Waals surface area contributed by atoms with Crippen LogP contribution in [0.1, 0.15) is 30.6 Å². The lowest BCUT2D eigenvalue weighted by atomic mass is 10.1. The normalized spacial score (nSPS) is 15.0. The molecule has 1 aliphatic rings. The highest BCUT2D eigenvalue weighted by Crippen LogP contribution is 2.24. The number of nitriles is 1. The van der Waals surface area contributed by atoms with Crippen LogP contribution in [0.4, 0.5) is 5.95 Å². The number of piperidine rings is 1. The maximum atomic E-state index is 12.1. The minimum absolute atomic E-state index is 0.00916. The van der Waals surface area contributed by atoms with Crippen molar-refractivity contribution in [1.82, 2.24) is 9.97 Å². The van der Waals surface area contributed by atoms with E-state index in [0.717, 1.165) is 31.7 Å². The van der Waals surface area contributed by atoms with Crippen molar-refractivity contribution in [2.45, 2.75) is 26.2 Å². The van der Waals surface area contributed by atoms with Crippen molar-refractivity contribution in [1.29, 1.82) is 5.26 Å². The third kappa shape index (κ3) is 2.55. The van der Waals surface area contributed by atoms with E-state index in [1.54, 1.807) is 12.1 Å². The summed E-state index contributed by atoms with van der Waals surface area (Å²) >= 11 is 0. The molecule has 0 amide bonds. The predicted octanol–water partition coefficient (Wildman–Crippen LogP) is 2.20. The van der Waals surface area contributed by atoms with Gasteiger partial charge in [-0.15, -0.1) is 0 Å². The van der Waals surface area contributed by atoms with Gasteiger partial charge in [0.05, 0.1) is 0 Å². The molecule has 6 nitrogen and oxygen atoms in total. The number of nitrogens with zero attached hydrogens (tertiary/aromatic N) is 3. The van der Waals surface area contributed by atoms with Crippen molar-refractivity contribution >= 4 is 5.95 Å². The van der Waals surface area contributed by atoms with Crippen molar-refractivity contribution < 1.29 is 4.42 Å². The molecule has 3 rings (SSSR count). The monoisotopic (exact) mass is 284 g/mol. The predicted molar refractivity (Wildman–Crippen MR) is 78.1 cm³/mol. The van der Waals surface area contributed by atoms with Gasteiger partial charge >= 0.3 is 0 Å². The van der Waals surface area contributed by atoms with Gasteiger partial charge < -0.3 is 9.32 Å². The Morgan fingerprint density at radius 3 is 2.71 bits per heavy atom. The third-order valence-corrected chi connectivity index (χ3v) is 3.65. The lowest BCUT2D eigenvalue weighted by Gasteiger charge is -2.27. The summed E-state index contributed by atoms with van der Waals surface area (Å²) in [5, 5.41) is 9.20. The van der Waals surface area contributed by atoms with Gasteiger partial charge in [0.15, 0.2) is 5.76 Å². The summed E-state index contributed by atoms with van der Waals surface area (Å²) in [6.07, 6.45) is 3.36. The molecule has 0 radical (unpaired) electrons. The minimum atomic E-state index is -0.419. The first-order chi connectivity index (χ1) is 10.2. The maximum Gasteiger partial charge on any atom is 0.271 e. The highest BCUT2D eigenvalue weighted by Gasteiger charge is 2.20. The molecule has 0 bridgehead atoms. The first-order valence-electron chi connectivity index (χ1n) is 7.05. The lowest BCUT2D eigenvalue weighted by molar-refractivity contribution is 0.544. The second-order valence-electron chi connectivity index (χ2n) is 5.18. The summed E-state index contributed by atoms with van der Waals surface area (Å²) in [7, 11) is 0. The second kappa shape index (κ2) is 5.44. The van der Waals surface area contributed by atoms with Crippen molar-refractivity contribution in [3.8, 4) is 17.5 Å². The van der Waals surface area contributed by atoms with Gasteiger partial charge in [0.2, 0.25) is 5.95 Å². The van der Waals surface area contributed by atoms with Crippen LogP contribution < -0.4 is 10.5 Å². The molecule has 1 N–H and O–H groups in total. The Morgan fingerprint density at radius 2 is 2.10 bits per heavy atom. The highest BCUT2D eigenvalue weighted by atomic mass is 16.3. The molecule has 6 heteroatoms. The fourth-order valence-corrected chi connectivity index (χ4v) is 2.56. The van der Waals surface area contributed by atoms with Gasteiger partial charge in [-0.05, 0) is 38.3 Å². The Kier molecular flexibility index (Phi) is 3.48. The SMILES string of the molecule is Cc1ccc(-c2nc(N3CCCCC3)[nH]c(=O)c2C#N)o1. The molecule has 1 fully saturated rings. The zero-order valence-corrected chi connectivity index (χ0v) is 11.8. The lowest BCUT2D eigenvalue weighted by Crippen LogP contribution is -2.33. The van der Waals surface area contributed by atoms with E-state index in [2.05, 4.69) is 9.97 Å². The number of furan rings is 1. The fraction of sp³-hybridized carbons (Fsp3) is 0.400. The van der Waals surface area contributed by atoms with Gasteiger partial charge in [0, 0.05) is 13.1 Å². The summed E-state index contributed by atoms with van der Waals surface area (Å²) in [5.41, 5.74) is -0.114. The number of aromatic amines is 1. The molecule has 2 aromatic heterocycles. The Balaban J connectivity index is 2.11. The number of hydrogen-bond donors (Lipinski definition) is 1. The zero-order valence-electron chi connectivity index (χ0n) is 11.8. The van der Waals surface area contributed by atoms with Crippen molar-refractivity contribution in [2.24, 2.45) is 0 Å². The molecule has 108 valence electrons. The summed E-state index contributed by atoms with van der Waals surface area (Å²) in [5.74, 6) is 1.69. The largest absolute Gasteiger partial charge is 0.460 e. The zero-order chi connectivity index (χ0) is 14.8. The standard InChI is InChI=1S/C15H16N4O2/c1-10-5-6-12(21-10)13-11(9-16)14(20)18-15(17-13)19-7-3-2-4-8-19/h5-6H,2-4,7-8H2,1H3,(H,17,18,20). The molecule has 2 aromatic rings. The first-order valence-corrected chi connectivity index (χ1v) is 7.05. The van der Waals surface area contributed by atoms with Crippen molar-refractivity contribution in [3.63, 3.8) is 0 Å². The molecule has 0 unspecified atom stereocenters. The summed E-state index contributed by atoms with van der Waals surface area (Å²) < 4.78 is 5.52. The number of aryl methyl sites for hydroxylation is 1. The Labute approximate surface area is 122 Å². The summed E-state index contributed by atoms with van der Waals surface area (Å²) in [6, 6.07) is 5.44. The van der Waals surface area contributed by atoms with Crippen LogP contribution in [0.25, 0.3) is 11.5 Å². The first kappa shape index (κ1) is 13.4. The minimum Gasteiger partial charge on any atom is -0.460 e. The van der Waals surface area contributed by atoms with Crippen LogP contribution >= 0.6 is 0 Å². The van der Waals surface area contributed by atoms with E-state index in [1.807, 2.05) is 17.9 Å². The van der Waals surface area contributed by atoms with Crippen LogP contribution in [-0.4, -0.2) is 23.1 Å². The third-order valence-electron chi connectivity index (χ3n) is 3.65. The van der Waals surface area contributed by atoms with Crippen LogP contribution in [0.15, 0.2) is 21.3 Å². The Hall–Kier alpha value is -2.55. The number of rotatable bonds is 2. The molecule has 0 atom stereocenters. The molecule has 0 saturated carbocycles. The van der Waals surface area contributed by atoms with Crippen molar-refractivity contribution in [3.05, 3.63) is 33.8 Å². The van der Waals surface area contributed by atoms with Gasteiger partial charge in [-0.2, -0.15) is 5.26 Å². The van der Waals surface area contributed by atoms with Crippen LogP contribution in [0.3, 0.4) is 0 Å². The van der Waals surface area contributed by atoms with E-state index in [-0.39, 0.29) is 5.56 Å². The number of aromatic nitrogens is 2. The quantitative estimate of drug-likeness (QED) is 0.913. The Bertz CT molecular complexity index is 748. The molecule has 21 heavy (non-hydrogen) atoms. The second-order valence-corrected chi connectivity index (χ2v) is 5.18. The average molecular weight is 284 g/mol. The molecule has 1 aliphatic heterocycles. The number of hydrogen-bond acceptors (Lipinski definition) is 5. The summed E-state index contributed by atoms with van der Waals surface area (Å²) in [4.78, 5) is 21.3. The maximum absolute atomic E-state index is 12.1. The van der Waals surface area contributed by atoms with Crippen LogP contribution in [-0.2, 0) is 0 Å². The van der Waals surface area contributed by atoms with E-state index in [4.69, 9.17) is 4.42 Å². The van der Waals surface area contributed by atoms with Gasteiger partial charge in [-0.1, -0.05) is 0 Å². The van der Waals surface area contributed by atoms with E-state index >= 15 is 0 Å². The van der Waals surface area contributed by atoms with E-state index in [9.17, 15) is 10.1 Å². The smallest absolute Gasteiger partial charge is 0.271 e. The van der Waals surface area contributed by atoms with E-state index < -0.39 is 5.56 Å². The fourth-order valence-electron chi connectivity index (χ4n) is 2.56. The molecule has 0 spiro atoms. The van der Waals surface area contributed by atoms with Gasteiger partial charge in [0.25, 0.3) is 5.56 Å². The van der Waals surface area contributed by atoms with Gasteiger partial charge in [0.1, 0.15) is 23.1 Å². The molecule has 0 aliphatic carbocycles. The van der Waals surface area contributed by atoms with Crippen LogP contribution in [0.5, 0.6) is 0 Å². The highest BCUT2D eigenvalue weighted by molar-refractivity contribution is 5.62. The van der Waals surface area contributed by atoms with Gasteiger partial charge in [-0.25, -0.2) is 4.98 Å². The molecule has 1 saturated heterocycles. The van der Waals surface area contributed by atoms with Crippen molar-refractivity contribution in [2.75, 3.05) is 18.0 Å². The van der Waals surface area contributed by atoms with Crippen LogP contribution in [0.2, 0.25) is 0 Å². The average Bonchev–Trinajstić information content (AvgIpc) is 2.94.